The summed E-state index contributed by atoms with van der Waals surface area (Å²) in [6, 6.07) is -0.141. The molecule has 18 heavy (non-hydrogen) atoms. The number of hydrogen-bond acceptors (Lipinski definition) is 3. The van der Waals surface area contributed by atoms with Gasteiger partial charge in [0.05, 0.1) is 12.1 Å². The smallest absolute Gasteiger partial charge is 0.237 e. The van der Waals surface area contributed by atoms with Gasteiger partial charge in [0.15, 0.2) is 0 Å². The molecule has 1 fully saturated rings. The molecule has 1 rings (SSSR count). The Morgan fingerprint density at radius 1 is 1.50 bits per heavy atom. The van der Waals surface area contributed by atoms with E-state index >= 15 is 0 Å². The van der Waals surface area contributed by atoms with Gasteiger partial charge in [-0.15, -0.1) is 0 Å². The third-order valence-corrected chi connectivity index (χ3v) is 3.68. The molecule has 0 aromatic rings. The Hall–Kier alpha value is -0.610. The van der Waals surface area contributed by atoms with E-state index in [0.29, 0.717) is 6.10 Å². The molecule has 0 aliphatic carbocycles. The van der Waals surface area contributed by atoms with E-state index in [4.69, 9.17) is 4.74 Å². The first kappa shape index (κ1) is 15.4. The molecule has 0 saturated carbocycles. The molecule has 2 N–H and O–H groups in total. The van der Waals surface area contributed by atoms with Gasteiger partial charge in [-0.05, 0) is 53.0 Å². The summed E-state index contributed by atoms with van der Waals surface area (Å²) in [5.74, 6) is 0.0780. The number of hydrogen-bond donors (Lipinski definition) is 2. The maximum Gasteiger partial charge on any atom is 0.237 e. The van der Waals surface area contributed by atoms with Crippen LogP contribution in [0.15, 0.2) is 0 Å². The molecule has 0 bridgehead atoms. The highest BCUT2D eigenvalue weighted by atomic mass is 16.5. The zero-order valence-electron chi connectivity index (χ0n) is 12.2. The Labute approximate surface area is 111 Å². The summed E-state index contributed by atoms with van der Waals surface area (Å²) < 4.78 is 5.55. The van der Waals surface area contributed by atoms with Crippen LogP contribution in [0.3, 0.4) is 0 Å². The van der Waals surface area contributed by atoms with Crippen LogP contribution in [0.25, 0.3) is 0 Å². The second-order valence-electron chi connectivity index (χ2n) is 5.83. The molecule has 4 nitrogen and oxygen atoms in total. The first-order valence-electron chi connectivity index (χ1n) is 7.11. The molecule has 0 aromatic carbocycles. The molecule has 0 aromatic heterocycles. The van der Waals surface area contributed by atoms with Crippen molar-refractivity contribution in [1.82, 2.24) is 10.6 Å². The van der Waals surface area contributed by atoms with Crippen molar-refractivity contribution in [2.75, 3.05) is 13.2 Å². The molecule has 1 aliphatic rings. The molecule has 1 amide bonds. The zero-order valence-corrected chi connectivity index (χ0v) is 12.2. The highest BCUT2D eigenvalue weighted by Crippen LogP contribution is 2.14. The summed E-state index contributed by atoms with van der Waals surface area (Å²) in [4.78, 5) is 11.9. The fraction of sp³-hybridized carbons (Fsp3) is 0.929. The molecule has 1 saturated heterocycles. The molecule has 1 aliphatic heterocycles. The molecular formula is C14H28N2O2. The molecule has 106 valence electrons. The molecular weight excluding hydrogens is 228 g/mol. The lowest BCUT2D eigenvalue weighted by Crippen LogP contribution is -2.51. The fourth-order valence-corrected chi connectivity index (χ4v) is 1.96. The predicted molar refractivity (Wildman–Crippen MR) is 73.6 cm³/mol. The highest BCUT2D eigenvalue weighted by molar-refractivity contribution is 5.81. The van der Waals surface area contributed by atoms with Crippen molar-refractivity contribution < 1.29 is 9.53 Å². The van der Waals surface area contributed by atoms with Crippen LogP contribution < -0.4 is 10.6 Å². The minimum Gasteiger partial charge on any atom is -0.378 e. The summed E-state index contributed by atoms with van der Waals surface area (Å²) in [5.41, 5.74) is -0.123. The van der Waals surface area contributed by atoms with Gasteiger partial charge in [0.25, 0.3) is 0 Å². The van der Waals surface area contributed by atoms with Crippen LogP contribution >= 0.6 is 0 Å². The minimum atomic E-state index is -0.141. The lowest BCUT2D eigenvalue weighted by Gasteiger charge is -2.27. The summed E-state index contributed by atoms with van der Waals surface area (Å²) in [6.07, 6.45) is 4.65. The summed E-state index contributed by atoms with van der Waals surface area (Å²) >= 11 is 0. The Morgan fingerprint density at radius 2 is 2.22 bits per heavy atom. The quantitative estimate of drug-likeness (QED) is 0.731. The predicted octanol–water partition coefficient (Wildman–Crippen LogP) is 1.84. The number of ether oxygens (including phenoxy) is 1. The van der Waals surface area contributed by atoms with Gasteiger partial charge in [0, 0.05) is 12.1 Å². The first-order valence-corrected chi connectivity index (χ1v) is 7.11. The normalized spacial score (nSPS) is 21.9. The third-order valence-electron chi connectivity index (χ3n) is 3.68. The molecule has 1 heterocycles. The van der Waals surface area contributed by atoms with Gasteiger partial charge in [-0.2, -0.15) is 0 Å². The van der Waals surface area contributed by atoms with Crippen molar-refractivity contribution in [1.29, 1.82) is 0 Å². The van der Waals surface area contributed by atoms with Gasteiger partial charge < -0.3 is 15.4 Å². The number of carbonyl (C=O) groups excluding carboxylic acids is 1. The van der Waals surface area contributed by atoms with Crippen LogP contribution in [0.2, 0.25) is 0 Å². The standard InChI is InChI=1S/C14H28N2O2/c1-5-14(3,4)16-13(17)11(2)15-9-8-12-7-6-10-18-12/h11-12,15H,5-10H2,1-4H3,(H,16,17). The molecule has 0 spiro atoms. The number of rotatable bonds is 7. The number of nitrogens with one attached hydrogen (secondary N) is 2. The van der Waals surface area contributed by atoms with E-state index in [1.807, 2.05) is 20.8 Å². The van der Waals surface area contributed by atoms with Crippen molar-refractivity contribution in [2.24, 2.45) is 0 Å². The van der Waals surface area contributed by atoms with Crippen LogP contribution in [0.4, 0.5) is 0 Å². The van der Waals surface area contributed by atoms with E-state index < -0.39 is 0 Å². The third kappa shape index (κ3) is 5.36. The van der Waals surface area contributed by atoms with Gasteiger partial charge in [0.2, 0.25) is 5.91 Å². The van der Waals surface area contributed by atoms with Crippen LogP contribution in [0.5, 0.6) is 0 Å². The van der Waals surface area contributed by atoms with E-state index in [-0.39, 0.29) is 17.5 Å². The van der Waals surface area contributed by atoms with E-state index in [0.717, 1.165) is 32.4 Å². The van der Waals surface area contributed by atoms with Crippen LogP contribution in [-0.4, -0.2) is 36.7 Å². The largest absolute Gasteiger partial charge is 0.378 e. The summed E-state index contributed by atoms with van der Waals surface area (Å²) in [7, 11) is 0. The maximum atomic E-state index is 11.9. The second kappa shape index (κ2) is 7.10. The molecule has 0 radical (unpaired) electrons. The Bertz CT molecular complexity index is 261. The molecule has 2 unspecified atom stereocenters. The molecule has 2 atom stereocenters. The van der Waals surface area contributed by atoms with Crippen molar-refractivity contribution in [2.45, 2.75) is 71.1 Å². The van der Waals surface area contributed by atoms with E-state index in [9.17, 15) is 4.79 Å². The van der Waals surface area contributed by atoms with E-state index in [1.54, 1.807) is 0 Å². The first-order chi connectivity index (χ1) is 8.44. The van der Waals surface area contributed by atoms with Crippen LogP contribution in [0.1, 0.15) is 53.4 Å². The van der Waals surface area contributed by atoms with Gasteiger partial charge in [-0.1, -0.05) is 6.92 Å². The zero-order chi connectivity index (χ0) is 13.6. The monoisotopic (exact) mass is 256 g/mol. The maximum absolute atomic E-state index is 11.9. The van der Waals surface area contributed by atoms with E-state index in [2.05, 4.69) is 17.6 Å². The van der Waals surface area contributed by atoms with Crippen molar-refractivity contribution in [3.63, 3.8) is 0 Å². The van der Waals surface area contributed by atoms with Gasteiger partial charge >= 0.3 is 0 Å². The second-order valence-corrected chi connectivity index (χ2v) is 5.83. The molecule has 4 heteroatoms. The van der Waals surface area contributed by atoms with Gasteiger partial charge in [0.1, 0.15) is 0 Å². The SMILES string of the molecule is CCC(C)(C)NC(=O)C(C)NCCC1CCCO1. The van der Waals surface area contributed by atoms with Gasteiger partial charge in [-0.3, -0.25) is 4.79 Å². The summed E-state index contributed by atoms with van der Waals surface area (Å²) in [6.45, 7) is 9.82. The topological polar surface area (TPSA) is 50.4 Å². The minimum absolute atomic E-state index is 0.0780. The summed E-state index contributed by atoms with van der Waals surface area (Å²) in [5, 5.41) is 6.32. The van der Waals surface area contributed by atoms with Crippen molar-refractivity contribution in [3.05, 3.63) is 0 Å². The van der Waals surface area contributed by atoms with Gasteiger partial charge in [-0.25, -0.2) is 0 Å². The Morgan fingerprint density at radius 3 is 2.78 bits per heavy atom. The van der Waals surface area contributed by atoms with Crippen LogP contribution in [0, 0.1) is 0 Å². The highest BCUT2D eigenvalue weighted by Gasteiger charge is 2.22. The average Bonchev–Trinajstić information content (AvgIpc) is 2.81. The average molecular weight is 256 g/mol. The Kier molecular flexibility index (Phi) is 6.09. The van der Waals surface area contributed by atoms with Crippen LogP contribution in [-0.2, 0) is 9.53 Å². The number of amides is 1. The number of carbonyl (C=O) groups is 1. The lowest BCUT2D eigenvalue weighted by molar-refractivity contribution is -0.124. The van der Waals surface area contributed by atoms with E-state index in [1.165, 1.54) is 6.42 Å². The van der Waals surface area contributed by atoms with Crippen molar-refractivity contribution in [3.8, 4) is 0 Å². The van der Waals surface area contributed by atoms with Crippen molar-refractivity contribution >= 4 is 5.91 Å². The Balaban J connectivity index is 2.18. The fourth-order valence-electron chi connectivity index (χ4n) is 1.96. The lowest BCUT2D eigenvalue weighted by atomic mass is 10.0.